The maximum Gasteiger partial charge on any atom is 0.224 e. The molecule has 17 heavy (non-hydrogen) atoms. The predicted octanol–water partition coefficient (Wildman–Crippen LogP) is 2.46. The van der Waals surface area contributed by atoms with Crippen molar-refractivity contribution in [3.8, 4) is 5.75 Å². The molecule has 1 rings (SSSR count). The zero-order valence-corrected chi connectivity index (χ0v) is 10.9. The highest BCUT2D eigenvalue weighted by molar-refractivity contribution is 5.79. The third-order valence-corrected chi connectivity index (χ3v) is 2.64. The molecule has 0 unspecified atom stereocenters. The van der Waals surface area contributed by atoms with E-state index in [9.17, 15) is 4.79 Å². The van der Waals surface area contributed by atoms with Gasteiger partial charge >= 0.3 is 0 Å². The minimum atomic E-state index is 0.0577. The van der Waals surface area contributed by atoms with Crippen molar-refractivity contribution in [1.29, 1.82) is 0 Å². The number of methoxy groups -OCH3 is 1. The molecule has 0 aliphatic carbocycles. The molecule has 0 atom stereocenters. The van der Waals surface area contributed by atoms with Crippen LogP contribution in [0.15, 0.2) is 18.2 Å². The number of carbonyl (C=O) groups is 1. The van der Waals surface area contributed by atoms with Gasteiger partial charge in [0.15, 0.2) is 0 Å². The zero-order chi connectivity index (χ0) is 12.7. The number of ether oxygens (including phenoxy) is 1. The number of hydrogen-bond acceptors (Lipinski definition) is 2. The first kappa shape index (κ1) is 13.6. The molecule has 1 aromatic carbocycles. The molecule has 3 heteroatoms. The molecule has 0 saturated heterocycles. The van der Waals surface area contributed by atoms with Gasteiger partial charge in [0.1, 0.15) is 5.75 Å². The molecule has 1 N–H and O–H groups in total. The number of hydrogen-bond donors (Lipinski definition) is 1. The van der Waals surface area contributed by atoms with Crippen LogP contribution in [0.2, 0.25) is 0 Å². The van der Waals surface area contributed by atoms with Crippen LogP contribution in [0.1, 0.15) is 30.9 Å². The highest BCUT2D eigenvalue weighted by Gasteiger charge is 2.08. The van der Waals surface area contributed by atoms with E-state index in [2.05, 4.69) is 12.2 Å². The lowest BCUT2D eigenvalue weighted by Crippen LogP contribution is -2.26. The summed E-state index contributed by atoms with van der Waals surface area (Å²) in [5, 5.41) is 2.91. The van der Waals surface area contributed by atoms with Crippen molar-refractivity contribution in [3.63, 3.8) is 0 Å². The van der Waals surface area contributed by atoms with Crippen molar-refractivity contribution >= 4 is 5.91 Å². The number of carbonyl (C=O) groups excluding carboxylic acids is 1. The van der Waals surface area contributed by atoms with E-state index in [-0.39, 0.29) is 5.91 Å². The molecule has 3 nitrogen and oxygen atoms in total. The van der Waals surface area contributed by atoms with Gasteiger partial charge in [0.05, 0.1) is 13.5 Å². The Morgan fingerprint density at radius 2 is 2.18 bits per heavy atom. The first-order valence-electron chi connectivity index (χ1n) is 6.07. The fourth-order valence-corrected chi connectivity index (χ4v) is 1.69. The molecule has 0 spiro atoms. The lowest BCUT2D eigenvalue weighted by Gasteiger charge is -2.09. The van der Waals surface area contributed by atoms with Crippen LogP contribution in [0.25, 0.3) is 0 Å². The second kappa shape index (κ2) is 6.94. The molecule has 0 aliphatic heterocycles. The minimum absolute atomic E-state index is 0.0577. The average molecular weight is 235 g/mol. The Bertz CT molecular complexity index is 374. The molecular formula is C14H21NO2. The van der Waals surface area contributed by atoms with Gasteiger partial charge in [-0.3, -0.25) is 4.79 Å². The summed E-state index contributed by atoms with van der Waals surface area (Å²) < 4.78 is 5.25. The minimum Gasteiger partial charge on any atom is -0.496 e. The van der Waals surface area contributed by atoms with Gasteiger partial charge in [0.25, 0.3) is 0 Å². The number of unbranched alkanes of at least 4 members (excludes halogenated alkanes) is 1. The smallest absolute Gasteiger partial charge is 0.224 e. The second-order valence-electron chi connectivity index (χ2n) is 4.20. The Labute approximate surface area is 103 Å². The molecule has 0 aliphatic rings. The number of rotatable bonds is 6. The van der Waals surface area contributed by atoms with Gasteiger partial charge in [-0.05, 0) is 19.4 Å². The predicted molar refractivity (Wildman–Crippen MR) is 69.4 cm³/mol. The van der Waals surface area contributed by atoms with E-state index in [1.54, 1.807) is 7.11 Å². The fourth-order valence-electron chi connectivity index (χ4n) is 1.69. The van der Waals surface area contributed by atoms with Crippen molar-refractivity contribution in [2.45, 2.75) is 33.1 Å². The van der Waals surface area contributed by atoms with Gasteiger partial charge in [-0.1, -0.05) is 31.0 Å². The van der Waals surface area contributed by atoms with Gasteiger partial charge in [-0.15, -0.1) is 0 Å². The van der Waals surface area contributed by atoms with Gasteiger partial charge in [0, 0.05) is 12.1 Å². The molecule has 1 aromatic rings. The van der Waals surface area contributed by atoms with Crippen molar-refractivity contribution in [3.05, 3.63) is 29.3 Å². The third-order valence-electron chi connectivity index (χ3n) is 2.64. The quantitative estimate of drug-likeness (QED) is 0.769. The number of benzene rings is 1. The summed E-state index contributed by atoms with van der Waals surface area (Å²) in [5.74, 6) is 0.837. The van der Waals surface area contributed by atoms with Crippen LogP contribution in [-0.4, -0.2) is 19.6 Å². The highest BCUT2D eigenvalue weighted by Crippen LogP contribution is 2.19. The summed E-state index contributed by atoms with van der Waals surface area (Å²) in [5.41, 5.74) is 2.09. The van der Waals surface area contributed by atoms with Crippen molar-refractivity contribution in [1.82, 2.24) is 5.32 Å². The summed E-state index contributed by atoms with van der Waals surface area (Å²) in [4.78, 5) is 11.7. The van der Waals surface area contributed by atoms with Crippen LogP contribution in [0.5, 0.6) is 5.75 Å². The first-order valence-corrected chi connectivity index (χ1v) is 6.07. The van der Waals surface area contributed by atoms with Crippen molar-refractivity contribution in [2.24, 2.45) is 0 Å². The van der Waals surface area contributed by atoms with E-state index in [1.807, 2.05) is 25.1 Å². The molecule has 1 amide bonds. The SMILES string of the molecule is CCCCNC(=O)Cc1cc(C)ccc1OC. The van der Waals surface area contributed by atoms with Gasteiger partial charge in [0.2, 0.25) is 5.91 Å². The van der Waals surface area contributed by atoms with Crippen LogP contribution < -0.4 is 10.1 Å². The Hall–Kier alpha value is -1.51. The maximum atomic E-state index is 11.7. The Kier molecular flexibility index (Phi) is 5.53. The zero-order valence-electron chi connectivity index (χ0n) is 10.9. The van der Waals surface area contributed by atoms with Crippen molar-refractivity contribution in [2.75, 3.05) is 13.7 Å². The van der Waals surface area contributed by atoms with Gasteiger partial charge in [-0.2, -0.15) is 0 Å². The van der Waals surface area contributed by atoms with Crippen LogP contribution in [-0.2, 0) is 11.2 Å². The van der Waals surface area contributed by atoms with Gasteiger partial charge in [-0.25, -0.2) is 0 Å². The van der Waals surface area contributed by atoms with E-state index in [4.69, 9.17) is 4.74 Å². The normalized spacial score (nSPS) is 10.1. The summed E-state index contributed by atoms with van der Waals surface area (Å²) in [6.45, 7) is 4.87. The maximum absolute atomic E-state index is 11.7. The summed E-state index contributed by atoms with van der Waals surface area (Å²) in [6, 6.07) is 5.89. The standard InChI is InChI=1S/C14H21NO2/c1-4-5-8-15-14(16)10-12-9-11(2)6-7-13(12)17-3/h6-7,9H,4-5,8,10H2,1-3H3,(H,15,16). The van der Waals surface area contributed by atoms with Crippen LogP contribution in [0.3, 0.4) is 0 Å². The van der Waals surface area contributed by atoms with E-state index < -0.39 is 0 Å². The molecular weight excluding hydrogens is 214 g/mol. The summed E-state index contributed by atoms with van der Waals surface area (Å²) in [7, 11) is 1.63. The first-order chi connectivity index (χ1) is 8.17. The summed E-state index contributed by atoms with van der Waals surface area (Å²) in [6.07, 6.45) is 2.50. The van der Waals surface area contributed by atoms with Crippen LogP contribution in [0, 0.1) is 6.92 Å². The van der Waals surface area contributed by atoms with E-state index in [0.717, 1.165) is 36.3 Å². The number of amides is 1. The molecule has 0 heterocycles. The van der Waals surface area contributed by atoms with Crippen LogP contribution in [0.4, 0.5) is 0 Å². The third kappa shape index (κ3) is 4.47. The molecule has 0 bridgehead atoms. The Morgan fingerprint density at radius 3 is 2.82 bits per heavy atom. The highest BCUT2D eigenvalue weighted by atomic mass is 16.5. The number of aryl methyl sites for hydroxylation is 1. The molecule has 0 saturated carbocycles. The van der Waals surface area contributed by atoms with E-state index in [0.29, 0.717) is 6.42 Å². The van der Waals surface area contributed by atoms with E-state index >= 15 is 0 Å². The van der Waals surface area contributed by atoms with E-state index in [1.165, 1.54) is 0 Å². The topological polar surface area (TPSA) is 38.3 Å². The molecule has 0 fully saturated rings. The molecule has 0 radical (unpaired) electrons. The second-order valence-corrected chi connectivity index (χ2v) is 4.20. The fraction of sp³-hybridized carbons (Fsp3) is 0.500. The lowest BCUT2D eigenvalue weighted by molar-refractivity contribution is -0.120. The monoisotopic (exact) mass is 235 g/mol. The molecule has 94 valence electrons. The Balaban J connectivity index is 2.60. The number of nitrogens with one attached hydrogen (secondary N) is 1. The largest absolute Gasteiger partial charge is 0.496 e. The molecule has 0 aromatic heterocycles. The average Bonchev–Trinajstić information content (AvgIpc) is 2.29. The van der Waals surface area contributed by atoms with Crippen LogP contribution >= 0.6 is 0 Å². The lowest BCUT2D eigenvalue weighted by atomic mass is 10.1. The summed E-state index contributed by atoms with van der Waals surface area (Å²) >= 11 is 0. The Morgan fingerprint density at radius 1 is 1.41 bits per heavy atom. The van der Waals surface area contributed by atoms with Crippen molar-refractivity contribution < 1.29 is 9.53 Å². The van der Waals surface area contributed by atoms with Gasteiger partial charge < -0.3 is 10.1 Å².